The third-order valence-corrected chi connectivity index (χ3v) is 5.00. The van der Waals surface area contributed by atoms with Crippen LogP contribution in [0.2, 0.25) is 0 Å². The van der Waals surface area contributed by atoms with Crippen molar-refractivity contribution in [1.82, 2.24) is 4.98 Å². The molecule has 0 fully saturated rings. The molecule has 0 radical (unpaired) electrons. The van der Waals surface area contributed by atoms with Crippen LogP contribution in [0.25, 0.3) is 12.2 Å². The van der Waals surface area contributed by atoms with Gasteiger partial charge in [0, 0.05) is 11.6 Å². The number of hydrogen-bond donors (Lipinski definition) is 1. The van der Waals surface area contributed by atoms with Crippen molar-refractivity contribution in [3.63, 3.8) is 0 Å². The quantitative estimate of drug-likeness (QED) is 0.723. The topological polar surface area (TPSA) is 59.2 Å². The number of ketones is 1. The number of aromatic amines is 1. The SMILES string of the molecule is COc1ccc(C(=O)/C=c2/[nH]c(=O)/c(=C/c3cc(C)ccc3C)s2)cc1. The molecular weight excluding hydrogens is 346 g/mol. The van der Waals surface area contributed by atoms with Crippen molar-refractivity contribution in [3.8, 4) is 5.75 Å². The van der Waals surface area contributed by atoms with Gasteiger partial charge in [0.25, 0.3) is 5.56 Å². The monoisotopic (exact) mass is 365 g/mol. The summed E-state index contributed by atoms with van der Waals surface area (Å²) in [7, 11) is 1.58. The van der Waals surface area contributed by atoms with E-state index in [1.807, 2.05) is 38.1 Å². The number of ether oxygens (including phenoxy) is 1. The fourth-order valence-corrected chi connectivity index (χ4v) is 3.41. The van der Waals surface area contributed by atoms with Gasteiger partial charge in [-0.25, -0.2) is 0 Å². The molecule has 0 saturated carbocycles. The van der Waals surface area contributed by atoms with Gasteiger partial charge in [-0.2, -0.15) is 0 Å². The second-order valence-corrected chi connectivity index (χ2v) is 7.11. The molecule has 3 rings (SSSR count). The Kier molecular flexibility index (Phi) is 5.19. The number of nitrogens with one attached hydrogen (secondary N) is 1. The Labute approximate surface area is 155 Å². The first kappa shape index (κ1) is 17.9. The van der Waals surface area contributed by atoms with Crippen molar-refractivity contribution in [2.24, 2.45) is 0 Å². The van der Waals surface area contributed by atoms with E-state index in [1.165, 1.54) is 17.4 Å². The summed E-state index contributed by atoms with van der Waals surface area (Å²) >= 11 is 1.27. The van der Waals surface area contributed by atoms with E-state index in [1.54, 1.807) is 31.4 Å². The lowest BCUT2D eigenvalue weighted by molar-refractivity contribution is 0.106. The molecule has 0 amide bonds. The van der Waals surface area contributed by atoms with Crippen molar-refractivity contribution in [1.29, 1.82) is 0 Å². The summed E-state index contributed by atoms with van der Waals surface area (Å²) in [5.41, 5.74) is 3.59. The minimum Gasteiger partial charge on any atom is -0.497 e. The summed E-state index contributed by atoms with van der Waals surface area (Å²) in [5, 5.41) is 0. The summed E-state index contributed by atoms with van der Waals surface area (Å²) < 4.78 is 6.20. The van der Waals surface area contributed by atoms with Gasteiger partial charge < -0.3 is 9.72 Å². The molecule has 1 N–H and O–H groups in total. The van der Waals surface area contributed by atoms with E-state index in [4.69, 9.17) is 4.74 Å². The number of thiazole rings is 1. The molecule has 4 nitrogen and oxygen atoms in total. The van der Waals surface area contributed by atoms with Crippen LogP contribution < -0.4 is 19.5 Å². The summed E-state index contributed by atoms with van der Waals surface area (Å²) in [6, 6.07) is 13.0. The van der Waals surface area contributed by atoms with Crippen LogP contribution in [0.4, 0.5) is 0 Å². The van der Waals surface area contributed by atoms with Gasteiger partial charge in [-0.3, -0.25) is 9.59 Å². The average Bonchev–Trinajstić information content (AvgIpc) is 2.97. The van der Waals surface area contributed by atoms with Gasteiger partial charge in [0.1, 0.15) is 5.75 Å². The fourth-order valence-electron chi connectivity index (χ4n) is 2.54. The van der Waals surface area contributed by atoms with Crippen molar-refractivity contribution in [2.45, 2.75) is 13.8 Å². The third kappa shape index (κ3) is 4.00. The smallest absolute Gasteiger partial charge is 0.266 e. The van der Waals surface area contributed by atoms with E-state index in [9.17, 15) is 9.59 Å². The van der Waals surface area contributed by atoms with Gasteiger partial charge in [0.15, 0.2) is 5.78 Å². The third-order valence-electron chi connectivity index (χ3n) is 4.04. The molecule has 3 aromatic rings. The molecule has 0 unspecified atom stereocenters. The lowest BCUT2D eigenvalue weighted by Gasteiger charge is -2.00. The maximum Gasteiger partial charge on any atom is 0.266 e. The van der Waals surface area contributed by atoms with Gasteiger partial charge in [0.05, 0.1) is 16.3 Å². The summed E-state index contributed by atoms with van der Waals surface area (Å²) in [6.07, 6.45) is 3.31. The number of Topliss-reactive ketones (excluding diaryl/α,β-unsaturated/α-hetero) is 1. The molecule has 0 saturated heterocycles. The van der Waals surface area contributed by atoms with E-state index in [-0.39, 0.29) is 11.3 Å². The Morgan fingerprint density at radius 2 is 1.85 bits per heavy atom. The molecule has 0 aliphatic heterocycles. The number of aromatic nitrogens is 1. The van der Waals surface area contributed by atoms with E-state index in [0.717, 1.165) is 16.7 Å². The minimum atomic E-state index is -0.190. The van der Waals surface area contributed by atoms with Crippen molar-refractivity contribution in [3.05, 3.63) is 84.3 Å². The van der Waals surface area contributed by atoms with Crippen LogP contribution in [0.5, 0.6) is 5.75 Å². The first-order valence-electron chi connectivity index (χ1n) is 8.14. The van der Waals surface area contributed by atoms with Crippen molar-refractivity contribution < 1.29 is 9.53 Å². The lowest BCUT2D eigenvalue weighted by Crippen LogP contribution is -2.20. The molecular formula is C21H19NO3S. The maximum atomic E-state index is 12.4. The number of hydrogen-bond acceptors (Lipinski definition) is 4. The van der Waals surface area contributed by atoms with E-state index in [0.29, 0.717) is 20.5 Å². The van der Waals surface area contributed by atoms with Gasteiger partial charge in [-0.15, -0.1) is 11.3 Å². The first-order chi connectivity index (χ1) is 12.5. The number of rotatable bonds is 4. The Balaban J connectivity index is 1.97. The molecule has 5 heteroatoms. The maximum absolute atomic E-state index is 12.4. The zero-order chi connectivity index (χ0) is 18.7. The van der Waals surface area contributed by atoms with Crippen LogP contribution in [-0.4, -0.2) is 17.9 Å². The van der Waals surface area contributed by atoms with Crippen LogP contribution >= 0.6 is 11.3 Å². The number of H-pyrrole nitrogens is 1. The standard InChI is InChI=1S/C21H19NO3S/c1-13-4-5-14(2)16(10-13)11-19-21(24)22-20(26-19)12-18(23)15-6-8-17(25-3)9-7-15/h4-12H,1-3H3,(H,22,24)/b19-11-,20-12-. The number of carbonyl (C=O) groups excluding carboxylic acids is 1. The molecule has 1 heterocycles. The zero-order valence-electron chi connectivity index (χ0n) is 14.8. The van der Waals surface area contributed by atoms with E-state index < -0.39 is 0 Å². The van der Waals surface area contributed by atoms with Crippen LogP contribution in [0.3, 0.4) is 0 Å². The van der Waals surface area contributed by atoms with Crippen molar-refractivity contribution >= 4 is 29.3 Å². The van der Waals surface area contributed by atoms with Gasteiger partial charge >= 0.3 is 0 Å². The predicted octanol–water partition coefficient (Wildman–Crippen LogP) is 2.55. The van der Waals surface area contributed by atoms with Crippen LogP contribution in [0.15, 0.2) is 47.3 Å². The van der Waals surface area contributed by atoms with Gasteiger partial charge in [0.2, 0.25) is 0 Å². The van der Waals surface area contributed by atoms with E-state index in [2.05, 4.69) is 4.98 Å². The molecule has 132 valence electrons. The molecule has 0 atom stereocenters. The molecule has 0 bridgehead atoms. The highest BCUT2D eigenvalue weighted by Crippen LogP contribution is 2.12. The molecule has 0 aliphatic rings. The average molecular weight is 365 g/mol. The van der Waals surface area contributed by atoms with Crippen LogP contribution in [-0.2, 0) is 0 Å². The fraction of sp³-hybridized carbons (Fsp3) is 0.143. The van der Waals surface area contributed by atoms with Crippen LogP contribution in [0, 0.1) is 13.8 Å². The van der Waals surface area contributed by atoms with Gasteiger partial charge in [-0.1, -0.05) is 23.8 Å². The van der Waals surface area contributed by atoms with Gasteiger partial charge in [-0.05, 0) is 55.3 Å². The molecule has 0 spiro atoms. The van der Waals surface area contributed by atoms with E-state index >= 15 is 0 Å². The molecule has 1 aromatic heterocycles. The second-order valence-electron chi connectivity index (χ2n) is 6.03. The normalized spacial score (nSPS) is 12.4. The first-order valence-corrected chi connectivity index (χ1v) is 8.96. The minimum absolute atomic E-state index is 0.163. The van der Waals surface area contributed by atoms with Crippen LogP contribution in [0.1, 0.15) is 27.0 Å². The lowest BCUT2D eigenvalue weighted by atomic mass is 10.1. The summed E-state index contributed by atoms with van der Waals surface area (Å²) in [6.45, 7) is 4.02. The Morgan fingerprint density at radius 1 is 1.12 bits per heavy atom. The Bertz CT molecular complexity index is 1120. The Morgan fingerprint density at radius 3 is 2.54 bits per heavy atom. The highest BCUT2D eigenvalue weighted by molar-refractivity contribution is 7.07. The number of methoxy groups -OCH3 is 1. The number of aryl methyl sites for hydroxylation is 2. The predicted molar refractivity (Wildman–Crippen MR) is 105 cm³/mol. The Hall–Kier alpha value is -2.92. The number of carbonyl (C=O) groups is 1. The molecule has 26 heavy (non-hydrogen) atoms. The zero-order valence-corrected chi connectivity index (χ0v) is 15.6. The summed E-state index contributed by atoms with van der Waals surface area (Å²) in [5.74, 6) is 0.528. The molecule has 2 aromatic carbocycles. The number of benzene rings is 2. The largest absolute Gasteiger partial charge is 0.497 e. The molecule has 0 aliphatic carbocycles. The summed E-state index contributed by atoms with van der Waals surface area (Å²) in [4.78, 5) is 27.3. The second kappa shape index (κ2) is 7.54. The highest BCUT2D eigenvalue weighted by Gasteiger charge is 2.04. The van der Waals surface area contributed by atoms with Crippen molar-refractivity contribution in [2.75, 3.05) is 7.11 Å². The highest BCUT2D eigenvalue weighted by atomic mass is 32.1.